The van der Waals surface area contributed by atoms with Gasteiger partial charge in [0.1, 0.15) is 6.61 Å². The summed E-state index contributed by atoms with van der Waals surface area (Å²) in [6, 6.07) is 0. The predicted molar refractivity (Wildman–Crippen MR) is 262 cm³/mol. The Morgan fingerprint density at radius 1 is 0.419 bits per heavy atom. The standard InChI is InChI=1S/C52H104NO8P/c1-3-5-7-9-11-13-15-17-19-21-23-24-25-26-27-29-31-33-35-37-39-41-43-45-52(55)61-50(49-60-62(56,57)59-47-46-53)48-58-51(54)44-42-40-38-36-34-32-30-28-22-20-18-16-14-12-10-8-6-4-2/h50H,3-49,53H2,1-2H3,(H,56,57)/t50-/m1/s1. The summed E-state index contributed by atoms with van der Waals surface area (Å²) in [6.07, 6.45) is 52.9. The quantitative estimate of drug-likeness (QED) is 0.0347. The maximum absolute atomic E-state index is 12.7. The van der Waals surface area contributed by atoms with Gasteiger partial charge in [-0.2, -0.15) is 0 Å². The van der Waals surface area contributed by atoms with Gasteiger partial charge in [0, 0.05) is 19.4 Å². The zero-order valence-corrected chi connectivity index (χ0v) is 42.0. The van der Waals surface area contributed by atoms with Gasteiger partial charge >= 0.3 is 19.8 Å². The molecule has 0 fully saturated rings. The Kier molecular flexibility index (Phi) is 48.7. The van der Waals surface area contributed by atoms with Crippen LogP contribution in [0.1, 0.15) is 290 Å². The van der Waals surface area contributed by atoms with E-state index >= 15 is 0 Å². The molecule has 370 valence electrons. The molecule has 0 aliphatic heterocycles. The van der Waals surface area contributed by atoms with Gasteiger partial charge in [-0.25, -0.2) is 4.57 Å². The number of ether oxygens (including phenoxy) is 2. The second-order valence-corrected chi connectivity index (χ2v) is 19.9. The number of phosphoric ester groups is 1. The number of hydrogen-bond donors (Lipinski definition) is 2. The topological polar surface area (TPSA) is 134 Å². The minimum absolute atomic E-state index is 0.0585. The second kappa shape index (κ2) is 49.4. The van der Waals surface area contributed by atoms with Crippen molar-refractivity contribution in [3.63, 3.8) is 0 Å². The van der Waals surface area contributed by atoms with Crippen LogP contribution in [0.15, 0.2) is 0 Å². The molecular formula is C52H104NO8P. The molecule has 3 N–H and O–H groups in total. The molecule has 0 amide bonds. The van der Waals surface area contributed by atoms with Crippen LogP contribution < -0.4 is 5.73 Å². The molecule has 1 unspecified atom stereocenters. The Bertz CT molecular complexity index is 984. The van der Waals surface area contributed by atoms with Crippen LogP contribution in [0.3, 0.4) is 0 Å². The Balaban J connectivity index is 3.95. The monoisotopic (exact) mass is 902 g/mol. The number of hydrogen-bond acceptors (Lipinski definition) is 8. The van der Waals surface area contributed by atoms with Crippen molar-refractivity contribution in [3.8, 4) is 0 Å². The predicted octanol–water partition coefficient (Wildman–Crippen LogP) is 16.3. The minimum Gasteiger partial charge on any atom is -0.462 e. The minimum atomic E-state index is -4.38. The van der Waals surface area contributed by atoms with Gasteiger partial charge in [0.15, 0.2) is 6.10 Å². The van der Waals surface area contributed by atoms with Crippen LogP contribution in [0.25, 0.3) is 0 Å². The van der Waals surface area contributed by atoms with E-state index < -0.39 is 26.5 Å². The van der Waals surface area contributed by atoms with E-state index in [0.29, 0.717) is 6.42 Å². The fraction of sp³-hybridized carbons (Fsp3) is 0.962. The first-order chi connectivity index (χ1) is 30.3. The van der Waals surface area contributed by atoms with Crippen molar-refractivity contribution in [2.45, 2.75) is 296 Å². The van der Waals surface area contributed by atoms with Gasteiger partial charge in [-0.05, 0) is 12.8 Å². The third kappa shape index (κ3) is 48.5. The highest BCUT2D eigenvalue weighted by atomic mass is 31.2. The zero-order valence-electron chi connectivity index (χ0n) is 41.1. The molecule has 0 aromatic rings. The van der Waals surface area contributed by atoms with Crippen molar-refractivity contribution in [2.75, 3.05) is 26.4 Å². The third-order valence-electron chi connectivity index (χ3n) is 12.2. The summed E-state index contributed by atoms with van der Waals surface area (Å²) >= 11 is 0. The molecule has 0 radical (unpaired) electrons. The van der Waals surface area contributed by atoms with Crippen molar-refractivity contribution < 1.29 is 37.6 Å². The van der Waals surface area contributed by atoms with E-state index in [-0.39, 0.29) is 38.6 Å². The second-order valence-electron chi connectivity index (χ2n) is 18.5. The molecule has 62 heavy (non-hydrogen) atoms. The van der Waals surface area contributed by atoms with Crippen LogP contribution in [0.5, 0.6) is 0 Å². The molecule has 10 heteroatoms. The third-order valence-corrected chi connectivity index (χ3v) is 13.2. The van der Waals surface area contributed by atoms with Gasteiger partial charge in [0.05, 0.1) is 13.2 Å². The molecule has 0 aromatic heterocycles. The fourth-order valence-electron chi connectivity index (χ4n) is 8.23. The van der Waals surface area contributed by atoms with Crippen LogP contribution >= 0.6 is 7.82 Å². The van der Waals surface area contributed by atoms with Crippen LogP contribution in [-0.2, 0) is 32.7 Å². The molecule has 9 nitrogen and oxygen atoms in total. The summed E-state index contributed by atoms with van der Waals surface area (Å²) in [6.45, 7) is 3.81. The Hall–Kier alpha value is -0.990. The first-order valence-electron chi connectivity index (χ1n) is 27.0. The van der Waals surface area contributed by atoms with Crippen LogP contribution in [-0.4, -0.2) is 49.3 Å². The van der Waals surface area contributed by atoms with Crippen LogP contribution in [0.2, 0.25) is 0 Å². The maximum atomic E-state index is 12.7. The lowest BCUT2D eigenvalue weighted by molar-refractivity contribution is -0.161. The average molecular weight is 902 g/mol. The number of rotatable bonds is 52. The maximum Gasteiger partial charge on any atom is 0.472 e. The van der Waals surface area contributed by atoms with E-state index in [1.165, 1.54) is 225 Å². The number of esters is 2. The van der Waals surface area contributed by atoms with Crippen molar-refractivity contribution in [2.24, 2.45) is 5.73 Å². The van der Waals surface area contributed by atoms with Gasteiger partial charge in [-0.3, -0.25) is 18.6 Å². The number of carbonyl (C=O) groups is 2. The van der Waals surface area contributed by atoms with Gasteiger partial charge in [-0.1, -0.05) is 264 Å². The van der Waals surface area contributed by atoms with Crippen molar-refractivity contribution in [1.82, 2.24) is 0 Å². The highest BCUT2D eigenvalue weighted by Gasteiger charge is 2.26. The SMILES string of the molecule is CCCCCCCCCCCCCCCCCCCCCCCCCC(=O)O[C@H](COC(=O)CCCCCCCCCCCCCCCCCCCC)COP(=O)(O)OCCN. The summed E-state index contributed by atoms with van der Waals surface area (Å²) in [5.41, 5.74) is 5.37. The fourth-order valence-corrected chi connectivity index (χ4v) is 8.99. The van der Waals surface area contributed by atoms with Gasteiger partial charge in [0.25, 0.3) is 0 Å². The van der Waals surface area contributed by atoms with Crippen LogP contribution in [0.4, 0.5) is 0 Å². The van der Waals surface area contributed by atoms with E-state index in [1.807, 2.05) is 0 Å². The first-order valence-corrected chi connectivity index (χ1v) is 28.5. The molecule has 0 saturated carbocycles. The number of unbranched alkanes of at least 4 members (excludes halogenated alkanes) is 39. The molecule has 0 spiro atoms. The molecule has 0 heterocycles. The molecule has 0 saturated heterocycles. The Labute approximate surface area is 384 Å². The molecular weight excluding hydrogens is 798 g/mol. The van der Waals surface area contributed by atoms with Crippen molar-refractivity contribution in [3.05, 3.63) is 0 Å². The summed E-state index contributed by atoms with van der Waals surface area (Å²) in [7, 11) is -4.38. The van der Waals surface area contributed by atoms with Crippen molar-refractivity contribution in [1.29, 1.82) is 0 Å². The van der Waals surface area contributed by atoms with Gasteiger partial charge in [-0.15, -0.1) is 0 Å². The average Bonchev–Trinajstić information content (AvgIpc) is 3.26. The molecule has 0 aliphatic rings. The lowest BCUT2D eigenvalue weighted by Crippen LogP contribution is -2.29. The lowest BCUT2D eigenvalue weighted by Gasteiger charge is -2.19. The molecule has 0 bridgehead atoms. The van der Waals surface area contributed by atoms with Crippen LogP contribution in [0, 0.1) is 0 Å². The van der Waals surface area contributed by atoms with E-state index in [4.69, 9.17) is 24.3 Å². The lowest BCUT2D eigenvalue weighted by atomic mass is 10.0. The Morgan fingerprint density at radius 2 is 0.694 bits per heavy atom. The smallest absolute Gasteiger partial charge is 0.462 e. The highest BCUT2D eigenvalue weighted by molar-refractivity contribution is 7.47. The summed E-state index contributed by atoms with van der Waals surface area (Å²) in [4.78, 5) is 35.1. The molecule has 0 aromatic carbocycles. The van der Waals surface area contributed by atoms with E-state index in [2.05, 4.69) is 13.8 Å². The molecule has 0 rings (SSSR count). The largest absolute Gasteiger partial charge is 0.472 e. The van der Waals surface area contributed by atoms with Gasteiger partial charge in [0.2, 0.25) is 0 Å². The molecule has 0 aliphatic carbocycles. The van der Waals surface area contributed by atoms with E-state index in [0.717, 1.165) is 32.1 Å². The van der Waals surface area contributed by atoms with E-state index in [9.17, 15) is 19.0 Å². The number of carbonyl (C=O) groups excluding carboxylic acids is 2. The van der Waals surface area contributed by atoms with Crippen molar-refractivity contribution >= 4 is 19.8 Å². The summed E-state index contributed by atoms with van der Waals surface area (Å²) in [5.74, 6) is -0.804. The normalized spacial score (nSPS) is 13.0. The first kappa shape index (κ1) is 61.0. The van der Waals surface area contributed by atoms with E-state index in [1.54, 1.807) is 0 Å². The van der Waals surface area contributed by atoms with Gasteiger partial charge < -0.3 is 20.1 Å². The zero-order chi connectivity index (χ0) is 45.3. The number of phosphoric acid groups is 1. The summed E-state index contributed by atoms with van der Waals surface area (Å²) in [5, 5.41) is 0. The number of nitrogens with two attached hydrogens (primary N) is 1. The Morgan fingerprint density at radius 3 is 0.984 bits per heavy atom. The molecule has 2 atom stereocenters. The highest BCUT2D eigenvalue weighted by Crippen LogP contribution is 2.43. The summed E-state index contributed by atoms with van der Waals surface area (Å²) < 4.78 is 33.0.